The van der Waals surface area contributed by atoms with E-state index in [1.165, 1.54) is 31.4 Å². The fourth-order valence-corrected chi connectivity index (χ4v) is 2.27. The quantitative estimate of drug-likeness (QED) is 0.580. The summed E-state index contributed by atoms with van der Waals surface area (Å²) in [6.07, 6.45) is 0. The number of aryl methyl sites for hydroxylation is 2. The summed E-state index contributed by atoms with van der Waals surface area (Å²) < 4.78 is 10.3. The smallest absolute Gasteiger partial charge is 0.293 e. The molecule has 2 aromatic rings. The Morgan fingerprint density at radius 1 is 1.04 bits per heavy atom. The van der Waals surface area contributed by atoms with E-state index in [9.17, 15) is 25.0 Å². The first-order valence-electron chi connectivity index (χ1n) is 7.73. The van der Waals surface area contributed by atoms with Gasteiger partial charge >= 0.3 is 0 Å². The molecule has 0 spiro atoms. The van der Waals surface area contributed by atoms with Gasteiger partial charge in [0, 0.05) is 12.1 Å². The predicted octanol–water partition coefficient (Wildman–Crippen LogP) is 3.15. The van der Waals surface area contributed by atoms with E-state index in [0.717, 1.165) is 17.2 Å². The Morgan fingerprint density at radius 3 is 2.30 bits per heavy atom. The number of nitro benzene ring substituents is 2. The number of hydrogen-bond donors (Lipinski definition) is 1. The second kappa shape index (κ2) is 8.13. The summed E-state index contributed by atoms with van der Waals surface area (Å²) in [5.74, 6) is -0.433. The van der Waals surface area contributed by atoms with E-state index < -0.39 is 22.4 Å². The van der Waals surface area contributed by atoms with Crippen LogP contribution in [0.15, 0.2) is 30.3 Å². The van der Waals surface area contributed by atoms with Crippen LogP contribution in [0.4, 0.5) is 17.1 Å². The molecule has 0 saturated carbocycles. The van der Waals surface area contributed by atoms with Crippen molar-refractivity contribution in [3.05, 3.63) is 61.7 Å². The number of nitrogens with zero attached hydrogens (tertiary/aromatic N) is 2. The van der Waals surface area contributed by atoms with E-state index in [0.29, 0.717) is 0 Å². The van der Waals surface area contributed by atoms with Crippen molar-refractivity contribution >= 4 is 23.0 Å². The lowest BCUT2D eigenvalue weighted by Crippen LogP contribution is -2.21. The maximum Gasteiger partial charge on any atom is 0.293 e. The van der Waals surface area contributed by atoms with Gasteiger partial charge in [-0.1, -0.05) is 0 Å². The Labute approximate surface area is 154 Å². The molecule has 10 heteroatoms. The average Bonchev–Trinajstić information content (AvgIpc) is 2.62. The zero-order valence-electron chi connectivity index (χ0n) is 14.8. The van der Waals surface area contributed by atoms with Crippen molar-refractivity contribution in [1.82, 2.24) is 0 Å². The van der Waals surface area contributed by atoms with Crippen LogP contribution in [0.1, 0.15) is 11.1 Å². The molecule has 0 aliphatic carbocycles. The molecule has 2 rings (SSSR count). The molecule has 0 radical (unpaired) electrons. The lowest BCUT2D eigenvalue weighted by Gasteiger charge is -2.11. The zero-order valence-corrected chi connectivity index (χ0v) is 14.8. The van der Waals surface area contributed by atoms with Crippen molar-refractivity contribution in [2.75, 3.05) is 19.0 Å². The minimum Gasteiger partial charge on any atom is -0.493 e. The predicted molar refractivity (Wildman–Crippen MR) is 96.3 cm³/mol. The molecule has 1 amide bonds. The minimum absolute atomic E-state index is 0.0106. The van der Waals surface area contributed by atoms with Crippen LogP contribution in [-0.2, 0) is 4.79 Å². The van der Waals surface area contributed by atoms with Gasteiger partial charge in [-0.3, -0.25) is 25.0 Å². The van der Waals surface area contributed by atoms with E-state index in [1.54, 1.807) is 13.8 Å². The van der Waals surface area contributed by atoms with Crippen molar-refractivity contribution < 1.29 is 24.1 Å². The molecule has 0 unspecified atom stereocenters. The summed E-state index contributed by atoms with van der Waals surface area (Å²) in [6, 6.07) is 6.59. The van der Waals surface area contributed by atoms with E-state index in [2.05, 4.69) is 5.32 Å². The summed E-state index contributed by atoms with van der Waals surface area (Å²) in [4.78, 5) is 33.0. The number of methoxy groups -OCH3 is 1. The Kier molecular flexibility index (Phi) is 5.91. The third-order valence-corrected chi connectivity index (χ3v) is 3.80. The highest BCUT2D eigenvalue weighted by Gasteiger charge is 2.19. The molecule has 0 bridgehead atoms. The van der Waals surface area contributed by atoms with Crippen molar-refractivity contribution in [2.45, 2.75) is 13.8 Å². The van der Waals surface area contributed by atoms with E-state index in [1.807, 2.05) is 0 Å². The normalized spacial score (nSPS) is 10.2. The molecular weight excluding hydrogens is 358 g/mol. The highest BCUT2D eigenvalue weighted by Crippen LogP contribution is 2.31. The van der Waals surface area contributed by atoms with Gasteiger partial charge in [0.1, 0.15) is 5.69 Å². The first-order valence-corrected chi connectivity index (χ1v) is 7.73. The molecule has 1 N–H and O–H groups in total. The van der Waals surface area contributed by atoms with Gasteiger partial charge in [0.05, 0.1) is 23.0 Å². The van der Waals surface area contributed by atoms with Crippen molar-refractivity contribution in [2.24, 2.45) is 0 Å². The molecule has 0 aromatic heterocycles. The fourth-order valence-electron chi connectivity index (χ4n) is 2.27. The molecule has 0 fully saturated rings. The first-order chi connectivity index (χ1) is 12.7. The number of ether oxygens (including phenoxy) is 2. The number of hydrogen-bond acceptors (Lipinski definition) is 7. The molecular formula is C17H17N3O7. The van der Waals surface area contributed by atoms with Gasteiger partial charge in [-0.05, 0) is 37.1 Å². The van der Waals surface area contributed by atoms with Crippen LogP contribution in [0.2, 0.25) is 0 Å². The number of non-ortho nitro benzene ring substituents is 1. The van der Waals surface area contributed by atoms with Gasteiger partial charge in [-0.15, -0.1) is 0 Å². The Bertz CT molecular complexity index is 912. The maximum atomic E-state index is 12.1. The van der Waals surface area contributed by atoms with Crippen LogP contribution in [0.5, 0.6) is 11.5 Å². The lowest BCUT2D eigenvalue weighted by atomic mass is 10.1. The van der Waals surface area contributed by atoms with Gasteiger partial charge in [0.25, 0.3) is 17.3 Å². The molecule has 0 atom stereocenters. The summed E-state index contributed by atoms with van der Waals surface area (Å²) in [6.45, 7) is 2.98. The SMILES string of the molecule is COc1ccc([N+](=O)[O-])cc1OCC(=O)Nc1cc(C)c(C)cc1[N+](=O)[O-]. The topological polar surface area (TPSA) is 134 Å². The van der Waals surface area contributed by atoms with Gasteiger partial charge < -0.3 is 14.8 Å². The first kappa shape index (κ1) is 19.6. The molecule has 0 heterocycles. The number of nitrogens with one attached hydrogen (secondary N) is 1. The summed E-state index contributed by atoms with van der Waals surface area (Å²) in [5, 5.41) is 24.5. The summed E-state index contributed by atoms with van der Waals surface area (Å²) >= 11 is 0. The van der Waals surface area contributed by atoms with E-state index >= 15 is 0 Å². The molecule has 10 nitrogen and oxygen atoms in total. The second-order valence-electron chi connectivity index (χ2n) is 5.64. The highest BCUT2D eigenvalue weighted by atomic mass is 16.6. The fraction of sp³-hybridized carbons (Fsp3) is 0.235. The van der Waals surface area contributed by atoms with Crippen LogP contribution >= 0.6 is 0 Å². The minimum atomic E-state index is -0.657. The Hall–Kier alpha value is -3.69. The van der Waals surface area contributed by atoms with Crippen LogP contribution in [0, 0.1) is 34.1 Å². The van der Waals surface area contributed by atoms with Crippen LogP contribution < -0.4 is 14.8 Å². The largest absolute Gasteiger partial charge is 0.493 e. The van der Waals surface area contributed by atoms with E-state index in [4.69, 9.17) is 9.47 Å². The Balaban J connectivity index is 2.16. The average molecular weight is 375 g/mol. The molecule has 0 aliphatic rings. The standard InChI is InChI=1S/C17H17N3O7/c1-10-6-13(14(20(24)25)7-11(10)2)18-17(21)9-27-16-8-12(19(22)23)4-5-15(16)26-3/h4-8H,9H2,1-3H3,(H,18,21). The van der Waals surface area contributed by atoms with Gasteiger partial charge in [0.15, 0.2) is 18.1 Å². The number of benzene rings is 2. The van der Waals surface area contributed by atoms with Crippen molar-refractivity contribution in [3.63, 3.8) is 0 Å². The van der Waals surface area contributed by atoms with E-state index in [-0.39, 0.29) is 28.6 Å². The van der Waals surface area contributed by atoms with Crippen LogP contribution in [0.25, 0.3) is 0 Å². The third kappa shape index (κ3) is 4.69. The number of nitro groups is 2. The van der Waals surface area contributed by atoms with Gasteiger partial charge in [-0.2, -0.15) is 0 Å². The number of anilines is 1. The zero-order chi connectivity index (χ0) is 20.1. The monoisotopic (exact) mass is 375 g/mol. The molecule has 0 aliphatic heterocycles. The number of carbonyl (C=O) groups excluding carboxylic acids is 1. The van der Waals surface area contributed by atoms with Gasteiger partial charge in [-0.25, -0.2) is 0 Å². The molecule has 2 aromatic carbocycles. The third-order valence-electron chi connectivity index (χ3n) is 3.80. The van der Waals surface area contributed by atoms with Gasteiger partial charge in [0.2, 0.25) is 0 Å². The number of carbonyl (C=O) groups is 1. The van der Waals surface area contributed by atoms with Crippen LogP contribution in [-0.4, -0.2) is 29.5 Å². The Morgan fingerprint density at radius 2 is 1.70 bits per heavy atom. The lowest BCUT2D eigenvalue weighted by molar-refractivity contribution is -0.385. The van der Waals surface area contributed by atoms with Crippen molar-refractivity contribution in [3.8, 4) is 11.5 Å². The van der Waals surface area contributed by atoms with Crippen LogP contribution in [0.3, 0.4) is 0 Å². The second-order valence-corrected chi connectivity index (χ2v) is 5.64. The highest BCUT2D eigenvalue weighted by molar-refractivity contribution is 5.94. The molecule has 27 heavy (non-hydrogen) atoms. The molecule has 0 saturated heterocycles. The number of amides is 1. The summed E-state index contributed by atoms with van der Waals surface area (Å²) in [7, 11) is 1.35. The number of rotatable bonds is 7. The van der Waals surface area contributed by atoms with Crippen molar-refractivity contribution in [1.29, 1.82) is 0 Å². The maximum absolute atomic E-state index is 12.1. The molecule has 142 valence electrons. The summed E-state index contributed by atoms with van der Waals surface area (Å²) in [5.41, 5.74) is 1.08.